The van der Waals surface area contributed by atoms with E-state index in [2.05, 4.69) is 14.7 Å². The summed E-state index contributed by atoms with van der Waals surface area (Å²) < 4.78 is 25.2. The van der Waals surface area contributed by atoms with Crippen LogP contribution in [0.25, 0.3) is 0 Å². The highest BCUT2D eigenvalue weighted by Crippen LogP contribution is 2.03. The van der Waals surface area contributed by atoms with Gasteiger partial charge in [0.1, 0.15) is 0 Å². The molecule has 0 aliphatic rings. The first-order valence-corrected chi connectivity index (χ1v) is 5.64. The Morgan fingerprint density at radius 2 is 2.46 bits per heavy atom. The average Bonchev–Trinajstić information content (AvgIpc) is 2.55. The van der Waals surface area contributed by atoms with E-state index in [1.54, 1.807) is 6.92 Å². The van der Waals surface area contributed by atoms with Crippen LogP contribution in [0.5, 0.6) is 0 Å². The maximum Gasteiger partial charge on any atom is 0.257 e. The summed E-state index contributed by atoms with van der Waals surface area (Å²) >= 11 is 5.47. The van der Waals surface area contributed by atoms with Crippen LogP contribution in [-0.2, 0) is 10.0 Å². The maximum atomic E-state index is 11.4. The number of alkyl halides is 1. The number of hydrogen-bond donors (Lipinski definition) is 2. The lowest BCUT2D eigenvalue weighted by Gasteiger charge is -2.08. The van der Waals surface area contributed by atoms with Crippen LogP contribution in [0.2, 0.25) is 0 Å². The fraction of sp³-hybridized carbons (Fsp3) is 0.500. The van der Waals surface area contributed by atoms with Crippen LogP contribution in [-0.4, -0.2) is 30.3 Å². The van der Waals surface area contributed by atoms with Crippen LogP contribution in [0.4, 0.5) is 0 Å². The molecule has 0 spiro atoms. The number of aromatic nitrogens is 2. The lowest BCUT2D eigenvalue weighted by atomic mass is 10.4. The van der Waals surface area contributed by atoms with E-state index in [4.69, 9.17) is 11.6 Å². The number of H-pyrrole nitrogens is 1. The summed E-state index contributed by atoms with van der Waals surface area (Å²) in [5, 5.41) is 0.0458. The molecule has 0 aliphatic carbocycles. The fourth-order valence-corrected chi connectivity index (χ4v) is 2.07. The van der Waals surface area contributed by atoms with Crippen LogP contribution in [0.1, 0.15) is 6.92 Å². The predicted octanol–water partition coefficient (Wildman–Crippen LogP) is 0.315. The molecule has 1 aromatic heterocycles. The van der Waals surface area contributed by atoms with Gasteiger partial charge >= 0.3 is 0 Å². The molecule has 0 aliphatic heterocycles. The standard InChI is InChI=1S/C6H10ClN3O2S/c1-5(2-7)10-13(11,12)6-3-8-4-9-6/h3-5,10H,2H2,1H3,(H,8,9). The number of halogens is 1. The second-order valence-corrected chi connectivity index (χ2v) is 4.58. The molecule has 13 heavy (non-hydrogen) atoms. The van der Waals surface area contributed by atoms with Gasteiger partial charge in [-0.3, -0.25) is 0 Å². The zero-order chi connectivity index (χ0) is 9.90. The Morgan fingerprint density at radius 3 is 2.92 bits per heavy atom. The van der Waals surface area contributed by atoms with Gasteiger partial charge in [-0.05, 0) is 6.92 Å². The predicted molar refractivity (Wildman–Crippen MR) is 49.1 cm³/mol. The molecule has 5 nitrogen and oxygen atoms in total. The number of aromatic amines is 1. The van der Waals surface area contributed by atoms with E-state index in [1.807, 2.05) is 0 Å². The molecule has 1 rings (SSSR count). The Labute approximate surface area is 81.6 Å². The first kappa shape index (κ1) is 10.5. The summed E-state index contributed by atoms with van der Waals surface area (Å²) in [6, 6.07) is -0.296. The van der Waals surface area contributed by atoms with E-state index in [0.29, 0.717) is 0 Å². The number of nitrogens with one attached hydrogen (secondary N) is 2. The molecule has 2 N–H and O–H groups in total. The average molecular weight is 224 g/mol. The molecule has 0 fully saturated rings. The molecule has 1 unspecified atom stereocenters. The summed E-state index contributed by atoms with van der Waals surface area (Å²) in [5.41, 5.74) is 0. The first-order chi connectivity index (χ1) is 6.06. The van der Waals surface area contributed by atoms with E-state index < -0.39 is 10.0 Å². The zero-order valence-corrected chi connectivity index (χ0v) is 8.56. The van der Waals surface area contributed by atoms with E-state index in [1.165, 1.54) is 12.5 Å². The first-order valence-electron chi connectivity index (χ1n) is 3.63. The number of hydrogen-bond acceptors (Lipinski definition) is 3. The van der Waals surface area contributed by atoms with Gasteiger partial charge in [-0.15, -0.1) is 11.6 Å². The normalized spacial score (nSPS) is 14.3. The highest BCUT2D eigenvalue weighted by atomic mass is 35.5. The van der Waals surface area contributed by atoms with Crippen molar-refractivity contribution in [3.63, 3.8) is 0 Å². The molecule has 0 saturated carbocycles. The topological polar surface area (TPSA) is 74.8 Å². The Morgan fingerprint density at radius 1 is 1.77 bits per heavy atom. The Hall–Kier alpha value is -0.590. The molecule has 74 valence electrons. The fourth-order valence-electron chi connectivity index (χ4n) is 0.750. The molecule has 1 aromatic rings. The third kappa shape index (κ3) is 2.68. The van der Waals surface area contributed by atoms with Crippen LogP contribution >= 0.6 is 11.6 Å². The monoisotopic (exact) mass is 223 g/mol. The number of rotatable bonds is 4. The molecule has 0 amide bonds. The van der Waals surface area contributed by atoms with Gasteiger partial charge in [-0.25, -0.2) is 18.1 Å². The van der Waals surface area contributed by atoms with Gasteiger partial charge in [0.05, 0.1) is 12.5 Å². The van der Waals surface area contributed by atoms with Crippen molar-refractivity contribution in [1.82, 2.24) is 14.7 Å². The second-order valence-electron chi connectivity index (χ2n) is 2.59. The van der Waals surface area contributed by atoms with Crippen molar-refractivity contribution in [2.24, 2.45) is 0 Å². The largest absolute Gasteiger partial charge is 0.335 e. The van der Waals surface area contributed by atoms with Crippen molar-refractivity contribution in [2.75, 3.05) is 5.88 Å². The van der Waals surface area contributed by atoms with Crippen LogP contribution in [0.3, 0.4) is 0 Å². The summed E-state index contributed by atoms with van der Waals surface area (Å²) in [6.07, 6.45) is 2.54. The molecule has 1 heterocycles. The van der Waals surface area contributed by atoms with Crippen molar-refractivity contribution in [1.29, 1.82) is 0 Å². The molecule has 0 saturated heterocycles. The molecule has 0 aromatic carbocycles. The number of imidazole rings is 1. The van der Waals surface area contributed by atoms with Gasteiger partial charge in [-0.2, -0.15) is 0 Å². The summed E-state index contributed by atoms with van der Waals surface area (Å²) in [4.78, 5) is 6.12. The van der Waals surface area contributed by atoms with E-state index >= 15 is 0 Å². The molecule has 1 atom stereocenters. The highest BCUT2D eigenvalue weighted by Gasteiger charge is 2.17. The Balaban J connectivity index is 2.79. The van der Waals surface area contributed by atoms with Gasteiger partial charge in [0.25, 0.3) is 10.0 Å². The van der Waals surface area contributed by atoms with Crippen LogP contribution in [0.15, 0.2) is 17.6 Å². The quantitative estimate of drug-likeness (QED) is 0.722. The van der Waals surface area contributed by atoms with Crippen LogP contribution < -0.4 is 4.72 Å². The third-order valence-corrected chi connectivity index (χ3v) is 3.33. The Kier molecular flexibility index (Phi) is 3.29. The van der Waals surface area contributed by atoms with E-state index in [9.17, 15) is 8.42 Å². The molecular weight excluding hydrogens is 214 g/mol. The number of nitrogens with zero attached hydrogens (tertiary/aromatic N) is 1. The highest BCUT2D eigenvalue weighted by molar-refractivity contribution is 7.89. The van der Waals surface area contributed by atoms with Gasteiger partial charge in [0, 0.05) is 11.9 Å². The summed E-state index contributed by atoms with van der Waals surface area (Å²) in [7, 11) is -3.48. The van der Waals surface area contributed by atoms with E-state index in [0.717, 1.165) is 0 Å². The minimum atomic E-state index is -3.48. The minimum absolute atomic E-state index is 0.0458. The van der Waals surface area contributed by atoms with Gasteiger partial charge in [0.2, 0.25) is 0 Å². The van der Waals surface area contributed by atoms with Crippen molar-refractivity contribution >= 4 is 21.6 Å². The lowest BCUT2D eigenvalue weighted by molar-refractivity contribution is 0.567. The molecule has 0 radical (unpaired) electrons. The Bertz CT molecular complexity index is 348. The van der Waals surface area contributed by atoms with Gasteiger partial charge < -0.3 is 4.98 Å². The molecule has 0 bridgehead atoms. The SMILES string of the molecule is CC(CCl)NS(=O)(=O)c1cnc[nH]1. The van der Waals surface area contributed by atoms with E-state index in [-0.39, 0.29) is 16.9 Å². The molecule has 7 heteroatoms. The second kappa shape index (κ2) is 4.08. The summed E-state index contributed by atoms with van der Waals surface area (Å²) in [5.74, 6) is 0.230. The third-order valence-electron chi connectivity index (χ3n) is 1.35. The summed E-state index contributed by atoms with van der Waals surface area (Å²) in [6.45, 7) is 1.68. The van der Waals surface area contributed by atoms with Crippen molar-refractivity contribution in [3.05, 3.63) is 12.5 Å². The van der Waals surface area contributed by atoms with Crippen molar-refractivity contribution < 1.29 is 8.42 Å². The maximum absolute atomic E-state index is 11.4. The minimum Gasteiger partial charge on any atom is -0.335 e. The lowest BCUT2D eigenvalue weighted by Crippen LogP contribution is -2.33. The van der Waals surface area contributed by atoms with Gasteiger partial charge in [0.15, 0.2) is 5.03 Å². The van der Waals surface area contributed by atoms with Crippen molar-refractivity contribution in [2.45, 2.75) is 18.0 Å². The number of sulfonamides is 1. The molecular formula is C6H10ClN3O2S. The zero-order valence-electron chi connectivity index (χ0n) is 6.99. The van der Waals surface area contributed by atoms with Crippen LogP contribution in [0, 0.1) is 0 Å². The van der Waals surface area contributed by atoms with Crippen molar-refractivity contribution in [3.8, 4) is 0 Å². The smallest absolute Gasteiger partial charge is 0.257 e. The van der Waals surface area contributed by atoms with Gasteiger partial charge in [-0.1, -0.05) is 0 Å².